The summed E-state index contributed by atoms with van der Waals surface area (Å²) >= 11 is 0. The molecule has 9 heteroatoms. The molecular weight excluding hydrogens is 618 g/mol. The zero-order valence-electron chi connectivity index (χ0n) is 29.0. The lowest BCUT2D eigenvalue weighted by Crippen LogP contribution is -2.14. The van der Waals surface area contributed by atoms with Gasteiger partial charge in [0, 0.05) is 0 Å². The van der Waals surface area contributed by atoms with Crippen molar-refractivity contribution >= 4 is 48.3 Å². The summed E-state index contributed by atoms with van der Waals surface area (Å²) in [4.78, 5) is 50.3. The monoisotopic (exact) mass is 661 g/mol. The van der Waals surface area contributed by atoms with Crippen LogP contribution in [0, 0.1) is 23.7 Å². The summed E-state index contributed by atoms with van der Waals surface area (Å²) in [6.07, 6.45) is 15.5. The molecule has 1 heterocycles. The molecule has 0 amide bonds. The number of benzene rings is 2. The van der Waals surface area contributed by atoms with Gasteiger partial charge in [-0.2, -0.15) is 0 Å². The maximum atomic E-state index is 12.2. The van der Waals surface area contributed by atoms with E-state index in [0.717, 1.165) is 23.1 Å². The summed E-state index contributed by atoms with van der Waals surface area (Å²) in [5.41, 5.74) is 2.57. The van der Waals surface area contributed by atoms with Gasteiger partial charge in [-0.3, -0.25) is 14.4 Å². The van der Waals surface area contributed by atoms with Gasteiger partial charge in [-0.05, 0) is 83.7 Å². The molecular formula is C40H43N3O6. The van der Waals surface area contributed by atoms with E-state index in [0.29, 0.717) is 34.7 Å². The van der Waals surface area contributed by atoms with Crippen LogP contribution in [0.25, 0.3) is 30.4 Å². The van der Waals surface area contributed by atoms with E-state index in [1.165, 1.54) is 0 Å². The van der Waals surface area contributed by atoms with Crippen molar-refractivity contribution in [1.82, 2.24) is 15.0 Å². The van der Waals surface area contributed by atoms with Crippen LogP contribution in [-0.2, 0) is 19.1 Å². The Morgan fingerprint density at radius 3 is 1.51 bits per heavy atom. The van der Waals surface area contributed by atoms with Gasteiger partial charge in [0.2, 0.25) is 0 Å². The normalized spacial score (nSPS) is 14.9. The fourth-order valence-corrected chi connectivity index (χ4v) is 4.31. The zero-order valence-corrected chi connectivity index (χ0v) is 29.0. The molecule has 254 valence electrons. The quantitative estimate of drug-likeness (QED) is 0.139. The molecule has 1 aliphatic rings. The minimum Gasteiger partial charge on any atom is -0.427 e. The van der Waals surface area contributed by atoms with E-state index >= 15 is 0 Å². The van der Waals surface area contributed by atoms with Gasteiger partial charge in [0.25, 0.3) is 0 Å². The van der Waals surface area contributed by atoms with Crippen LogP contribution in [0.5, 0.6) is 11.5 Å². The number of hydrogen-bond acceptors (Lipinski definition) is 9. The third-order valence-electron chi connectivity index (χ3n) is 7.30. The van der Waals surface area contributed by atoms with E-state index in [1.807, 2.05) is 60.7 Å². The Morgan fingerprint density at radius 1 is 0.633 bits per heavy atom. The lowest BCUT2D eigenvalue weighted by atomic mass is 9.92. The zero-order chi connectivity index (χ0) is 35.5. The SMILES string of the molecule is CC(C)C(=O)OC1=CCC(C)C(/C=C/c2nc(/C=C/c3cccc(OC(=O)C(C)C)c3)nc(/C=C/c3cccc(OC(=O)C(C)C)c3)n2)=C1. The highest BCUT2D eigenvalue weighted by molar-refractivity contribution is 5.76. The first-order chi connectivity index (χ1) is 23.4. The van der Waals surface area contributed by atoms with E-state index in [1.54, 1.807) is 78.0 Å². The van der Waals surface area contributed by atoms with Crippen LogP contribution in [0.2, 0.25) is 0 Å². The van der Waals surface area contributed by atoms with Gasteiger partial charge in [0.15, 0.2) is 17.5 Å². The van der Waals surface area contributed by atoms with Crippen molar-refractivity contribution in [3.05, 3.63) is 107 Å². The molecule has 0 saturated heterocycles. The van der Waals surface area contributed by atoms with Gasteiger partial charge in [0.1, 0.15) is 17.3 Å². The van der Waals surface area contributed by atoms with E-state index in [4.69, 9.17) is 14.2 Å². The van der Waals surface area contributed by atoms with Gasteiger partial charge in [-0.1, -0.05) is 91.0 Å². The maximum absolute atomic E-state index is 12.2. The highest BCUT2D eigenvalue weighted by Crippen LogP contribution is 2.26. The molecule has 0 radical (unpaired) electrons. The largest absolute Gasteiger partial charge is 0.427 e. The van der Waals surface area contributed by atoms with Crippen LogP contribution >= 0.6 is 0 Å². The minimum atomic E-state index is -0.307. The molecule has 0 N–H and O–H groups in total. The van der Waals surface area contributed by atoms with Gasteiger partial charge < -0.3 is 14.2 Å². The highest BCUT2D eigenvalue weighted by atomic mass is 16.5. The third-order valence-corrected chi connectivity index (χ3v) is 7.30. The van der Waals surface area contributed by atoms with Crippen molar-refractivity contribution in [2.45, 2.75) is 54.9 Å². The average Bonchev–Trinajstić information content (AvgIpc) is 3.06. The molecule has 49 heavy (non-hydrogen) atoms. The molecule has 1 aliphatic carbocycles. The number of ether oxygens (including phenoxy) is 3. The number of esters is 3. The number of aromatic nitrogens is 3. The van der Waals surface area contributed by atoms with Crippen molar-refractivity contribution in [3.63, 3.8) is 0 Å². The lowest BCUT2D eigenvalue weighted by Gasteiger charge is -2.18. The van der Waals surface area contributed by atoms with Crippen molar-refractivity contribution in [2.75, 3.05) is 0 Å². The second-order valence-electron chi connectivity index (χ2n) is 12.7. The third kappa shape index (κ3) is 11.3. The summed E-state index contributed by atoms with van der Waals surface area (Å²) in [5.74, 6) is 1.27. The molecule has 0 spiro atoms. The molecule has 0 saturated carbocycles. The van der Waals surface area contributed by atoms with Crippen LogP contribution in [0.3, 0.4) is 0 Å². The van der Waals surface area contributed by atoms with E-state index in [-0.39, 0.29) is 41.6 Å². The fourth-order valence-electron chi connectivity index (χ4n) is 4.31. The molecule has 1 aromatic heterocycles. The van der Waals surface area contributed by atoms with Crippen molar-refractivity contribution in [3.8, 4) is 11.5 Å². The van der Waals surface area contributed by atoms with Crippen LogP contribution < -0.4 is 9.47 Å². The standard InChI is InChI=1S/C40H43N3O6/c1-25(2)38(44)47-32-12-8-10-29(22-32)15-19-35-41-36(20-16-30-11-9-13-33(23-30)48-39(45)26(3)4)43-37(42-35)21-17-31-24-34(18-14-28(31)7)49-40(46)27(5)6/h8-13,15-28H,14H2,1-7H3/b19-15+,20-16+,21-17+. The second kappa shape index (κ2) is 17.1. The second-order valence-corrected chi connectivity index (χ2v) is 12.7. The molecule has 1 atom stereocenters. The molecule has 3 aromatic rings. The number of carbonyl (C=O) groups excluding carboxylic acids is 3. The maximum Gasteiger partial charge on any atom is 0.313 e. The van der Waals surface area contributed by atoms with E-state index in [9.17, 15) is 14.4 Å². The Balaban J connectivity index is 1.64. The lowest BCUT2D eigenvalue weighted by molar-refractivity contribution is -0.142. The number of allylic oxidation sites excluding steroid dienone is 4. The summed E-state index contributed by atoms with van der Waals surface area (Å²) in [5, 5.41) is 0. The summed E-state index contributed by atoms with van der Waals surface area (Å²) in [6.45, 7) is 12.8. The summed E-state index contributed by atoms with van der Waals surface area (Å²) < 4.78 is 16.5. The van der Waals surface area contributed by atoms with Gasteiger partial charge in [-0.15, -0.1) is 0 Å². The predicted molar refractivity (Wildman–Crippen MR) is 191 cm³/mol. The number of rotatable bonds is 12. The molecule has 2 aromatic carbocycles. The smallest absolute Gasteiger partial charge is 0.313 e. The van der Waals surface area contributed by atoms with Crippen LogP contribution in [0.15, 0.2) is 78.1 Å². The molecule has 0 aliphatic heterocycles. The highest BCUT2D eigenvalue weighted by Gasteiger charge is 2.17. The minimum absolute atomic E-state index is 0.201. The van der Waals surface area contributed by atoms with E-state index in [2.05, 4.69) is 21.9 Å². The molecule has 9 nitrogen and oxygen atoms in total. The Morgan fingerprint density at radius 2 is 1.06 bits per heavy atom. The van der Waals surface area contributed by atoms with Crippen molar-refractivity contribution in [2.24, 2.45) is 23.7 Å². The first-order valence-electron chi connectivity index (χ1n) is 16.4. The van der Waals surface area contributed by atoms with Crippen molar-refractivity contribution in [1.29, 1.82) is 0 Å². The van der Waals surface area contributed by atoms with Crippen molar-refractivity contribution < 1.29 is 28.6 Å². The topological polar surface area (TPSA) is 118 Å². The molecule has 0 fully saturated rings. The fraction of sp³-hybridized carbons (Fsp3) is 0.300. The first kappa shape index (κ1) is 36.4. The Labute approximate surface area is 288 Å². The number of carbonyl (C=O) groups is 3. The average molecular weight is 662 g/mol. The first-order valence-corrected chi connectivity index (χ1v) is 16.4. The van der Waals surface area contributed by atoms with Crippen LogP contribution in [-0.4, -0.2) is 32.9 Å². The molecule has 0 bridgehead atoms. The van der Waals surface area contributed by atoms with Gasteiger partial charge in [-0.25, -0.2) is 15.0 Å². The number of nitrogens with zero attached hydrogens (tertiary/aromatic N) is 3. The Kier molecular flexibility index (Phi) is 12.7. The summed E-state index contributed by atoms with van der Waals surface area (Å²) in [6, 6.07) is 14.4. The van der Waals surface area contributed by atoms with Gasteiger partial charge >= 0.3 is 17.9 Å². The van der Waals surface area contributed by atoms with E-state index < -0.39 is 0 Å². The molecule has 4 rings (SSSR count). The molecule has 1 unspecified atom stereocenters. The predicted octanol–water partition coefficient (Wildman–Crippen LogP) is 8.40. The van der Waals surface area contributed by atoms with Crippen LogP contribution in [0.1, 0.15) is 83.5 Å². The Hall–Kier alpha value is -5.44. The number of hydrogen-bond donors (Lipinski definition) is 0. The Bertz CT molecular complexity index is 1740. The van der Waals surface area contributed by atoms with Crippen LogP contribution in [0.4, 0.5) is 0 Å². The summed E-state index contributed by atoms with van der Waals surface area (Å²) in [7, 11) is 0. The van der Waals surface area contributed by atoms with Gasteiger partial charge in [0.05, 0.1) is 17.8 Å².